The van der Waals surface area contributed by atoms with Gasteiger partial charge in [-0.3, -0.25) is 14.5 Å². The van der Waals surface area contributed by atoms with Gasteiger partial charge >= 0.3 is 0 Å². The molecule has 0 bridgehead atoms. The number of pyridine rings is 1. The molecule has 6 heteroatoms. The van der Waals surface area contributed by atoms with Gasteiger partial charge in [0.15, 0.2) is 0 Å². The van der Waals surface area contributed by atoms with E-state index in [0.29, 0.717) is 13.1 Å². The Bertz CT molecular complexity index is 1170. The molecule has 0 atom stereocenters. The molecule has 0 saturated carbocycles. The number of aromatic nitrogens is 3. The monoisotopic (exact) mass is 412 g/mol. The number of nitrogens with zero attached hydrogens (tertiary/aromatic N) is 3. The van der Waals surface area contributed by atoms with Crippen molar-refractivity contribution in [3.8, 4) is 11.3 Å². The smallest absolute Gasteiger partial charge is 0.244 e. The third-order valence-corrected chi connectivity index (χ3v) is 4.71. The molecule has 0 aliphatic carbocycles. The fourth-order valence-electron chi connectivity index (χ4n) is 3.15. The number of halogens is 1. The summed E-state index contributed by atoms with van der Waals surface area (Å²) in [6.07, 6.45) is 8.60. The minimum atomic E-state index is -0.301. The lowest BCUT2D eigenvalue weighted by molar-refractivity contribution is -0.116. The van der Waals surface area contributed by atoms with Crippen LogP contribution in [0.2, 0.25) is 0 Å². The van der Waals surface area contributed by atoms with Gasteiger partial charge in [0.05, 0.1) is 6.54 Å². The SMILES string of the molecule is O=C(/C=C/c1cn(Cc2ccccc2)nc1-c1cccnc1)NCc1ccc(F)cc1. The van der Waals surface area contributed by atoms with Crippen molar-refractivity contribution in [1.29, 1.82) is 0 Å². The maximum absolute atomic E-state index is 13.0. The maximum Gasteiger partial charge on any atom is 0.244 e. The fraction of sp³-hybridized carbons (Fsp3) is 0.0800. The molecule has 0 saturated heterocycles. The van der Waals surface area contributed by atoms with Crippen LogP contribution >= 0.6 is 0 Å². The van der Waals surface area contributed by atoms with E-state index in [1.165, 1.54) is 18.2 Å². The van der Waals surface area contributed by atoms with Gasteiger partial charge < -0.3 is 5.32 Å². The third kappa shape index (κ3) is 5.51. The molecule has 0 spiro atoms. The molecule has 4 rings (SSSR count). The maximum atomic E-state index is 13.0. The van der Waals surface area contributed by atoms with Crippen LogP contribution in [0.1, 0.15) is 16.7 Å². The molecule has 5 nitrogen and oxygen atoms in total. The summed E-state index contributed by atoms with van der Waals surface area (Å²) in [6.45, 7) is 0.949. The molecule has 31 heavy (non-hydrogen) atoms. The van der Waals surface area contributed by atoms with Gasteiger partial charge in [-0.15, -0.1) is 0 Å². The van der Waals surface area contributed by atoms with Crippen molar-refractivity contribution in [3.05, 3.63) is 114 Å². The number of rotatable bonds is 7. The number of carbonyl (C=O) groups excluding carboxylic acids is 1. The van der Waals surface area contributed by atoms with E-state index in [-0.39, 0.29) is 11.7 Å². The molecule has 4 aromatic rings. The van der Waals surface area contributed by atoms with Crippen LogP contribution in [0.25, 0.3) is 17.3 Å². The Hall–Kier alpha value is -4.06. The van der Waals surface area contributed by atoms with Gasteiger partial charge in [0.25, 0.3) is 0 Å². The Morgan fingerprint density at radius 3 is 2.55 bits per heavy atom. The summed E-state index contributed by atoms with van der Waals surface area (Å²) in [5.74, 6) is -0.539. The molecule has 0 radical (unpaired) electrons. The van der Waals surface area contributed by atoms with E-state index in [2.05, 4.69) is 10.3 Å². The van der Waals surface area contributed by atoms with Gasteiger partial charge in [-0.25, -0.2) is 4.39 Å². The van der Waals surface area contributed by atoms with E-state index in [0.717, 1.165) is 27.9 Å². The minimum absolute atomic E-state index is 0.239. The summed E-state index contributed by atoms with van der Waals surface area (Å²) in [6, 6.07) is 19.9. The van der Waals surface area contributed by atoms with Crippen molar-refractivity contribution in [3.63, 3.8) is 0 Å². The van der Waals surface area contributed by atoms with Crippen LogP contribution in [0, 0.1) is 5.82 Å². The highest BCUT2D eigenvalue weighted by molar-refractivity contribution is 5.92. The molecule has 1 N–H and O–H groups in total. The highest BCUT2D eigenvalue weighted by atomic mass is 19.1. The van der Waals surface area contributed by atoms with Crippen LogP contribution in [0.3, 0.4) is 0 Å². The largest absolute Gasteiger partial charge is 0.348 e. The van der Waals surface area contributed by atoms with Crippen molar-refractivity contribution in [1.82, 2.24) is 20.1 Å². The van der Waals surface area contributed by atoms with Crippen LogP contribution < -0.4 is 5.32 Å². The number of amides is 1. The van der Waals surface area contributed by atoms with Gasteiger partial charge in [-0.2, -0.15) is 5.10 Å². The van der Waals surface area contributed by atoms with Gasteiger partial charge in [0.2, 0.25) is 5.91 Å². The van der Waals surface area contributed by atoms with E-state index in [1.54, 1.807) is 30.6 Å². The molecular formula is C25H21FN4O. The van der Waals surface area contributed by atoms with Gasteiger partial charge in [-0.05, 0) is 41.5 Å². The zero-order chi connectivity index (χ0) is 21.5. The molecule has 2 heterocycles. The lowest BCUT2D eigenvalue weighted by atomic mass is 10.1. The van der Waals surface area contributed by atoms with Crippen molar-refractivity contribution in [2.24, 2.45) is 0 Å². The zero-order valence-corrected chi connectivity index (χ0v) is 16.8. The quantitative estimate of drug-likeness (QED) is 0.456. The van der Waals surface area contributed by atoms with E-state index in [1.807, 2.05) is 53.3 Å². The number of nitrogens with one attached hydrogen (secondary N) is 1. The summed E-state index contributed by atoms with van der Waals surface area (Å²) in [4.78, 5) is 16.5. The number of benzene rings is 2. The first-order valence-electron chi connectivity index (χ1n) is 9.89. The highest BCUT2D eigenvalue weighted by Crippen LogP contribution is 2.23. The average molecular weight is 412 g/mol. The van der Waals surface area contributed by atoms with Crippen LogP contribution in [0.15, 0.2) is 91.4 Å². The number of carbonyl (C=O) groups is 1. The normalized spacial score (nSPS) is 11.0. The molecule has 0 unspecified atom stereocenters. The van der Waals surface area contributed by atoms with E-state index >= 15 is 0 Å². The first-order chi connectivity index (χ1) is 15.2. The summed E-state index contributed by atoms with van der Waals surface area (Å²) >= 11 is 0. The summed E-state index contributed by atoms with van der Waals surface area (Å²) in [5.41, 5.74) is 4.42. The Balaban J connectivity index is 1.51. The molecule has 0 aliphatic rings. The molecule has 2 aromatic heterocycles. The molecular weight excluding hydrogens is 391 g/mol. The second-order valence-electron chi connectivity index (χ2n) is 7.04. The van der Waals surface area contributed by atoms with Crippen LogP contribution in [0.4, 0.5) is 4.39 Å². The van der Waals surface area contributed by atoms with E-state index < -0.39 is 0 Å². The highest BCUT2D eigenvalue weighted by Gasteiger charge is 2.10. The Morgan fingerprint density at radius 2 is 1.81 bits per heavy atom. The predicted molar refractivity (Wildman–Crippen MR) is 118 cm³/mol. The minimum Gasteiger partial charge on any atom is -0.348 e. The van der Waals surface area contributed by atoms with Crippen LogP contribution in [-0.4, -0.2) is 20.7 Å². The predicted octanol–water partition coefficient (Wildman–Crippen LogP) is 4.46. The van der Waals surface area contributed by atoms with Crippen molar-refractivity contribution in [2.45, 2.75) is 13.1 Å². The second kappa shape index (κ2) is 9.63. The number of hydrogen-bond acceptors (Lipinski definition) is 3. The van der Waals surface area contributed by atoms with Gasteiger partial charge in [-0.1, -0.05) is 42.5 Å². The first-order valence-corrected chi connectivity index (χ1v) is 9.89. The Morgan fingerprint density at radius 1 is 1.00 bits per heavy atom. The average Bonchev–Trinajstić information content (AvgIpc) is 3.21. The Kier molecular flexibility index (Phi) is 6.28. The Labute approximate surface area is 179 Å². The lowest BCUT2D eigenvalue weighted by Crippen LogP contribution is -2.20. The zero-order valence-electron chi connectivity index (χ0n) is 16.8. The summed E-state index contributed by atoms with van der Waals surface area (Å²) in [7, 11) is 0. The van der Waals surface area contributed by atoms with E-state index in [4.69, 9.17) is 5.10 Å². The van der Waals surface area contributed by atoms with Crippen molar-refractivity contribution in [2.75, 3.05) is 0 Å². The lowest BCUT2D eigenvalue weighted by Gasteiger charge is -2.02. The fourth-order valence-corrected chi connectivity index (χ4v) is 3.15. The molecule has 0 aliphatic heterocycles. The topological polar surface area (TPSA) is 59.8 Å². The molecule has 1 amide bonds. The summed E-state index contributed by atoms with van der Waals surface area (Å²) < 4.78 is 14.9. The third-order valence-electron chi connectivity index (χ3n) is 4.71. The van der Waals surface area contributed by atoms with Gasteiger partial charge in [0, 0.05) is 42.3 Å². The number of hydrogen-bond donors (Lipinski definition) is 1. The van der Waals surface area contributed by atoms with Crippen LogP contribution in [0.5, 0.6) is 0 Å². The first kappa shape index (κ1) is 20.2. The van der Waals surface area contributed by atoms with Crippen LogP contribution in [-0.2, 0) is 17.9 Å². The standard InChI is InChI=1S/C25H21FN4O/c26-23-11-8-19(9-12-23)15-28-24(31)13-10-22-18-30(17-20-5-2-1-3-6-20)29-25(22)21-7-4-14-27-16-21/h1-14,16,18H,15,17H2,(H,28,31)/b13-10+. The molecule has 154 valence electrons. The van der Waals surface area contributed by atoms with Crippen molar-refractivity contribution < 1.29 is 9.18 Å². The van der Waals surface area contributed by atoms with Gasteiger partial charge in [0.1, 0.15) is 11.5 Å². The molecule has 2 aromatic carbocycles. The summed E-state index contributed by atoms with van der Waals surface area (Å²) in [5, 5.41) is 7.52. The second-order valence-corrected chi connectivity index (χ2v) is 7.04. The van der Waals surface area contributed by atoms with Crippen molar-refractivity contribution >= 4 is 12.0 Å². The van der Waals surface area contributed by atoms with E-state index in [9.17, 15) is 9.18 Å². The molecule has 0 fully saturated rings.